The molecule has 0 aliphatic carbocycles. The molecule has 110 valence electrons. The van der Waals surface area contributed by atoms with E-state index in [4.69, 9.17) is 11.6 Å². The number of amides is 1. The number of nitrogens with zero attached hydrogens (tertiary/aromatic N) is 1. The zero-order valence-corrected chi connectivity index (χ0v) is 12.8. The van der Waals surface area contributed by atoms with Gasteiger partial charge in [0.1, 0.15) is 0 Å². The summed E-state index contributed by atoms with van der Waals surface area (Å²) in [5, 5.41) is 3.93. The van der Waals surface area contributed by atoms with E-state index in [9.17, 15) is 4.79 Å². The van der Waals surface area contributed by atoms with Gasteiger partial charge in [0.25, 0.3) is 0 Å². The monoisotopic (exact) mass is 294 g/mol. The van der Waals surface area contributed by atoms with Crippen molar-refractivity contribution in [1.29, 1.82) is 0 Å². The summed E-state index contributed by atoms with van der Waals surface area (Å²) >= 11 is 6.08. The predicted octanol–water partition coefficient (Wildman–Crippen LogP) is 3.93. The Hall–Kier alpha value is -1.22. The first-order valence-electron chi connectivity index (χ1n) is 7.50. The fourth-order valence-corrected chi connectivity index (χ4v) is 3.01. The first-order chi connectivity index (χ1) is 9.72. The van der Waals surface area contributed by atoms with Crippen LogP contribution in [0.1, 0.15) is 39.0 Å². The minimum absolute atomic E-state index is 0.260. The van der Waals surface area contributed by atoms with Crippen molar-refractivity contribution in [1.82, 2.24) is 4.90 Å². The quantitative estimate of drug-likeness (QED) is 0.892. The highest BCUT2D eigenvalue weighted by Crippen LogP contribution is 2.22. The molecule has 0 aromatic heterocycles. The summed E-state index contributed by atoms with van der Waals surface area (Å²) in [5.41, 5.74) is 0.896. The van der Waals surface area contributed by atoms with E-state index in [0.717, 1.165) is 31.5 Å². The lowest BCUT2D eigenvalue weighted by Crippen LogP contribution is -2.43. The fraction of sp³-hybridized carbons (Fsp3) is 0.562. The number of carbonyl (C=O) groups is 1. The molecule has 1 amide bonds. The van der Waals surface area contributed by atoms with Crippen molar-refractivity contribution in [2.45, 2.75) is 45.1 Å². The highest BCUT2D eigenvalue weighted by atomic mass is 35.5. The highest BCUT2D eigenvalue weighted by Gasteiger charge is 2.24. The Morgan fingerprint density at radius 1 is 1.40 bits per heavy atom. The van der Waals surface area contributed by atoms with Crippen LogP contribution in [0.15, 0.2) is 24.3 Å². The molecule has 20 heavy (non-hydrogen) atoms. The second kappa shape index (κ2) is 7.53. The van der Waals surface area contributed by atoms with Crippen molar-refractivity contribution in [3.8, 4) is 0 Å². The lowest BCUT2D eigenvalue weighted by Gasteiger charge is -2.35. The maximum atomic E-state index is 12.3. The van der Waals surface area contributed by atoms with Gasteiger partial charge in [0.15, 0.2) is 0 Å². The molecule has 1 heterocycles. The van der Waals surface area contributed by atoms with Gasteiger partial charge in [-0.25, -0.2) is 0 Å². The summed E-state index contributed by atoms with van der Waals surface area (Å²) < 4.78 is 0. The van der Waals surface area contributed by atoms with Gasteiger partial charge in [-0.2, -0.15) is 0 Å². The summed E-state index contributed by atoms with van der Waals surface area (Å²) in [4.78, 5) is 14.4. The lowest BCUT2D eigenvalue weighted by atomic mass is 9.99. The molecule has 4 heteroatoms. The van der Waals surface area contributed by atoms with Crippen molar-refractivity contribution >= 4 is 23.2 Å². The number of hydrogen-bond donors (Lipinski definition) is 1. The number of para-hydroxylation sites is 1. The van der Waals surface area contributed by atoms with Crippen LogP contribution in [-0.2, 0) is 4.79 Å². The topological polar surface area (TPSA) is 32.3 Å². The first-order valence-corrected chi connectivity index (χ1v) is 7.88. The van der Waals surface area contributed by atoms with E-state index < -0.39 is 0 Å². The minimum atomic E-state index is 0.260. The third-order valence-electron chi connectivity index (χ3n) is 3.95. The van der Waals surface area contributed by atoms with Crippen LogP contribution < -0.4 is 5.32 Å². The van der Waals surface area contributed by atoms with Gasteiger partial charge in [-0.15, -0.1) is 0 Å². The number of carbonyl (C=O) groups excluding carboxylic acids is 1. The van der Waals surface area contributed by atoms with E-state index in [2.05, 4.69) is 17.1 Å². The molecule has 1 unspecified atom stereocenters. The van der Waals surface area contributed by atoms with Crippen molar-refractivity contribution in [3.63, 3.8) is 0 Å². The molecular formula is C16H23ClN2O. The minimum Gasteiger partial charge on any atom is -0.383 e. The molecule has 2 rings (SSSR count). The molecule has 0 bridgehead atoms. The maximum Gasteiger partial charge on any atom is 0.224 e. The number of nitrogens with one attached hydrogen (secondary N) is 1. The smallest absolute Gasteiger partial charge is 0.224 e. The van der Waals surface area contributed by atoms with Crippen LogP contribution in [0.2, 0.25) is 5.02 Å². The van der Waals surface area contributed by atoms with E-state index in [1.54, 1.807) is 0 Å². The van der Waals surface area contributed by atoms with E-state index in [1.807, 2.05) is 24.3 Å². The standard InChI is InChI=1S/C16H23ClN2O/c1-2-13-7-5-6-12-19(13)16(20)10-11-18-15-9-4-3-8-14(15)17/h3-4,8-9,13,18H,2,5-7,10-12H2,1H3. The number of rotatable bonds is 5. The Morgan fingerprint density at radius 3 is 2.95 bits per heavy atom. The number of hydrogen-bond acceptors (Lipinski definition) is 2. The molecule has 3 nitrogen and oxygen atoms in total. The van der Waals surface area contributed by atoms with Gasteiger partial charge in [0.05, 0.1) is 10.7 Å². The number of likely N-dealkylation sites (tertiary alicyclic amines) is 1. The normalized spacial score (nSPS) is 18.9. The molecule has 0 radical (unpaired) electrons. The van der Waals surface area contributed by atoms with Crippen LogP contribution in [0, 0.1) is 0 Å². The van der Waals surface area contributed by atoms with Crippen LogP contribution >= 0.6 is 11.6 Å². The van der Waals surface area contributed by atoms with E-state index in [-0.39, 0.29) is 5.91 Å². The summed E-state index contributed by atoms with van der Waals surface area (Å²) in [7, 11) is 0. The van der Waals surface area contributed by atoms with Crippen molar-refractivity contribution in [2.24, 2.45) is 0 Å². The Labute approximate surface area is 126 Å². The van der Waals surface area contributed by atoms with E-state index >= 15 is 0 Å². The second-order valence-electron chi connectivity index (χ2n) is 5.30. The van der Waals surface area contributed by atoms with Gasteiger partial charge < -0.3 is 10.2 Å². The highest BCUT2D eigenvalue weighted by molar-refractivity contribution is 6.33. The Morgan fingerprint density at radius 2 is 2.20 bits per heavy atom. The van der Waals surface area contributed by atoms with Crippen molar-refractivity contribution in [2.75, 3.05) is 18.4 Å². The molecular weight excluding hydrogens is 272 g/mol. The maximum absolute atomic E-state index is 12.3. The number of benzene rings is 1. The molecule has 0 spiro atoms. The lowest BCUT2D eigenvalue weighted by molar-refractivity contribution is -0.134. The van der Waals surface area contributed by atoms with Crippen LogP contribution in [0.5, 0.6) is 0 Å². The largest absolute Gasteiger partial charge is 0.383 e. The van der Waals surface area contributed by atoms with Gasteiger partial charge >= 0.3 is 0 Å². The summed E-state index contributed by atoms with van der Waals surface area (Å²) in [5.74, 6) is 0.260. The predicted molar refractivity (Wildman–Crippen MR) is 84.2 cm³/mol. The molecule has 1 atom stereocenters. The van der Waals surface area contributed by atoms with Crippen molar-refractivity contribution < 1.29 is 4.79 Å². The first kappa shape index (κ1) is 15.2. The second-order valence-corrected chi connectivity index (χ2v) is 5.71. The summed E-state index contributed by atoms with van der Waals surface area (Å²) in [6, 6.07) is 8.06. The van der Waals surface area contributed by atoms with Crippen LogP contribution in [0.3, 0.4) is 0 Å². The van der Waals surface area contributed by atoms with E-state index in [0.29, 0.717) is 24.0 Å². The third-order valence-corrected chi connectivity index (χ3v) is 4.28. The zero-order chi connectivity index (χ0) is 14.4. The number of anilines is 1. The fourth-order valence-electron chi connectivity index (χ4n) is 2.81. The Bertz CT molecular complexity index is 450. The third kappa shape index (κ3) is 3.89. The molecule has 1 fully saturated rings. The Balaban J connectivity index is 1.81. The summed E-state index contributed by atoms with van der Waals surface area (Å²) in [6.45, 7) is 3.72. The molecule has 1 aromatic rings. The van der Waals surface area contributed by atoms with Crippen LogP contribution in [-0.4, -0.2) is 29.9 Å². The van der Waals surface area contributed by atoms with Gasteiger partial charge in [-0.3, -0.25) is 4.79 Å². The van der Waals surface area contributed by atoms with Gasteiger partial charge in [-0.05, 0) is 37.8 Å². The van der Waals surface area contributed by atoms with Gasteiger partial charge in [-0.1, -0.05) is 30.7 Å². The van der Waals surface area contributed by atoms with Gasteiger partial charge in [0.2, 0.25) is 5.91 Å². The molecule has 1 aliphatic rings. The molecule has 1 aromatic carbocycles. The molecule has 1 saturated heterocycles. The average molecular weight is 295 g/mol. The average Bonchev–Trinajstić information content (AvgIpc) is 2.49. The Kier molecular flexibility index (Phi) is 5.72. The van der Waals surface area contributed by atoms with E-state index in [1.165, 1.54) is 6.42 Å². The number of piperidine rings is 1. The number of halogens is 1. The van der Waals surface area contributed by atoms with Crippen LogP contribution in [0.4, 0.5) is 5.69 Å². The zero-order valence-electron chi connectivity index (χ0n) is 12.1. The van der Waals surface area contributed by atoms with Gasteiger partial charge in [0, 0.05) is 25.6 Å². The molecule has 1 N–H and O–H groups in total. The summed E-state index contributed by atoms with van der Waals surface area (Å²) in [6.07, 6.45) is 5.13. The molecule has 1 aliphatic heterocycles. The van der Waals surface area contributed by atoms with Crippen molar-refractivity contribution in [3.05, 3.63) is 29.3 Å². The molecule has 0 saturated carbocycles. The SMILES string of the molecule is CCC1CCCCN1C(=O)CCNc1ccccc1Cl. The van der Waals surface area contributed by atoms with Crippen LogP contribution in [0.25, 0.3) is 0 Å².